The zero-order chi connectivity index (χ0) is 10.4. The average Bonchev–Trinajstić information content (AvgIpc) is 2.13. The van der Waals surface area contributed by atoms with Gasteiger partial charge in [0.15, 0.2) is 0 Å². The van der Waals surface area contributed by atoms with Crippen molar-refractivity contribution < 1.29 is 4.92 Å². The van der Waals surface area contributed by atoms with Gasteiger partial charge in [0.1, 0.15) is 11.2 Å². The topological polar surface area (TPSA) is 56.0 Å². The average molecular weight is 268 g/mol. The van der Waals surface area contributed by atoms with E-state index in [1.807, 2.05) is 13.8 Å². The van der Waals surface area contributed by atoms with Gasteiger partial charge in [-0.15, -0.1) is 0 Å². The molecule has 0 aliphatic rings. The van der Waals surface area contributed by atoms with Crippen molar-refractivity contribution in [3.8, 4) is 0 Å². The molecule has 13 heavy (non-hydrogen) atoms. The molecule has 0 aromatic carbocycles. The Hall–Kier alpha value is -0.680. The Morgan fingerprint density at radius 1 is 1.54 bits per heavy atom. The van der Waals surface area contributed by atoms with Gasteiger partial charge in [-0.25, -0.2) is 0 Å². The van der Waals surface area contributed by atoms with Crippen molar-refractivity contribution in [2.45, 2.75) is 13.8 Å². The van der Waals surface area contributed by atoms with E-state index in [9.17, 15) is 10.1 Å². The van der Waals surface area contributed by atoms with Gasteiger partial charge in [-0.1, -0.05) is 25.4 Å². The summed E-state index contributed by atoms with van der Waals surface area (Å²) in [5, 5.41) is 10.3. The van der Waals surface area contributed by atoms with Crippen LogP contribution in [-0.4, -0.2) is 9.91 Å². The van der Waals surface area contributed by atoms with Crippen molar-refractivity contribution in [2.24, 2.45) is 0 Å². The molecule has 0 unspecified atom stereocenters. The lowest BCUT2D eigenvalue weighted by Crippen LogP contribution is -1.90. The molecule has 0 N–H and O–H groups in total. The standard InChI is InChI=1S/C5H2BrClN2O2.C2H6/c6-3-1-8-2-4(5(3)7)9(10)11;1-2/h1-2H;1-2H3. The third-order valence-corrected chi connectivity index (χ3v) is 2.24. The van der Waals surface area contributed by atoms with Crippen LogP contribution in [0.2, 0.25) is 5.02 Å². The minimum absolute atomic E-state index is 0.0741. The molecule has 0 amide bonds. The lowest BCUT2D eigenvalue weighted by Gasteiger charge is -1.94. The van der Waals surface area contributed by atoms with Crippen molar-refractivity contribution in [3.05, 3.63) is 32.0 Å². The number of rotatable bonds is 1. The maximum absolute atomic E-state index is 10.2. The number of hydrogen-bond donors (Lipinski definition) is 0. The minimum atomic E-state index is -0.583. The Balaban J connectivity index is 0.000000671. The molecule has 0 aliphatic heterocycles. The molecule has 1 aromatic heterocycles. The van der Waals surface area contributed by atoms with E-state index in [0.717, 1.165) is 6.20 Å². The predicted molar refractivity (Wildman–Crippen MR) is 54.9 cm³/mol. The zero-order valence-corrected chi connectivity index (χ0v) is 9.46. The highest BCUT2D eigenvalue weighted by molar-refractivity contribution is 9.10. The van der Waals surface area contributed by atoms with Gasteiger partial charge < -0.3 is 0 Å². The highest BCUT2D eigenvalue weighted by Gasteiger charge is 2.14. The van der Waals surface area contributed by atoms with Crippen LogP contribution in [0.5, 0.6) is 0 Å². The van der Waals surface area contributed by atoms with Crippen LogP contribution in [0.3, 0.4) is 0 Å². The second kappa shape index (κ2) is 5.88. The van der Waals surface area contributed by atoms with E-state index in [1.165, 1.54) is 6.20 Å². The molecule has 0 saturated heterocycles. The molecule has 6 heteroatoms. The molecule has 1 aromatic rings. The summed E-state index contributed by atoms with van der Waals surface area (Å²) in [4.78, 5) is 13.2. The summed E-state index contributed by atoms with van der Waals surface area (Å²) >= 11 is 8.58. The maximum Gasteiger partial charge on any atom is 0.307 e. The molecule has 0 bridgehead atoms. The van der Waals surface area contributed by atoms with Crippen LogP contribution in [0.1, 0.15) is 13.8 Å². The van der Waals surface area contributed by atoms with Crippen LogP contribution in [-0.2, 0) is 0 Å². The van der Waals surface area contributed by atoms with Crippen LogP contribution >= 0.6 is 27.5 Å². The summed E-state index contributed by atoms with van der Waals surface area (Å²) in [7, 11) is 0. The Bertz CT molecular complexity index is 307. The number of halogens is 2. The molecule has 4 nitrogen and oxygen atoms in total. The molecule has 0 saturated carbocycles. The number of aromatic nitrogens is 1. The molecular formula is C7H8BrClN2O2. The molecule has 0 aliphatic carbocycles. The molecule has 1 heterocycles. The second-order valence-electron chi connectivity index (χ2n) is 1.71. The van der Waals surface area contributed by atoms with Gasteiger partial charge in [0.25, 0.3) is 0 Å². The highest BCUT2D eigenvalue weighted by atomic mass is 79.9. The van der Waals surface area contributed by atoms with Crippen LogP contribution in [0.15, 0.2) is 16.9 Å². The molecule has 72 valence electrons. The lowest BCUT2D eigenvalue weighted by molar-refractivity contribution is -0.385. The summed E-state index contributed by atoms with van der Waals surface area (Å²) in [5.41, 5.74) is -0.193. The Labute approximate surface area is 89.2 Å². The van der Waals surface area contributed by atoms with E-state index in [0.29, 0.717) is 4.47 Å². The van der Waals surface area contributed by atoms with E-state index in [2.05, 4.69) is 20.9 Å². The molecule has 1 rings (SSSR count). The normalized spacial score (nSPS) is 8.62. The van der Waals surface area contributed by atoms with Gasteiger partial charge in [-0.05, 0) is 15.9 Å². The summed E-state index contributed by atoms with van der Waals surface area (Å²) in [5.74, 6) is 0. The maximum atomic E-state index is 10.2. The predicted octanol–water partition coefficient (Wildman–Crippen LogP) is 3.43. The first-order valence-corrected chi connectivity index (χ1v) is 4.73. The van der Waals surface area contributed by atoms with Crippen LogP contribution in [0, 0.1) is 10.1 Å². The van der Waals surface area contributed by atoms with E-state index < -0.39 is 4.92 Å². The first-order chi connectivity index (χ1) is 6.13. The molecule has 0 atom stereocenters. The zero-order valence-electron chi connectivity index (χ0n) is 7.12. The smallest absolute Gasteiger partial charge is 0.258 e. The van der Waals surface area contributed by atoms with Crippen molar-refractivity contribution in [2.75, 3.05) is 0 Å². The molecular weight excluding hydrogens is 259 g/mol. The summed E-state index contributed by atoms with van der Waals surface area (Å²) in [6.07, 6.45) is 2.50. The van der Waals surface area contributed by atoms with Crippen molar-refractivity contribution in [1.29, 1.82) is 0 Å². The number of pyridine rings is 1. The largest absolute Gasteiger partial charge is 0.307 e. The van der Waals surface area contributed by atoms with Crippen molar-refractivity contribution in [1.82, 2.24) is 4.98 Å². The number of nitrogens with zero attached hydrogens (tertiary/aromatic N) is 2. The van der Waals surface area contributed by atoms with Crippen molar-refractivity contribution in [3.63, 3.8) is 0 Å². The Kier molecular flexibility index (Phi) is 5.57. The molecule has 0 fully saturated rings. The fourth-order valence-corrected chi connectivity index (χ4v) is 1.02. The Morgan fingerprint density at radius 2 is 2.08 bits per heavy atom. The minimum Gasteiger partial charge on any atom is -0.258 e. The summed E-state index contributed by atoms with van der Waals surface area (Å²) < 4.78 is 0.424. The third kappa shape index (κ3) is 3.28. The van der Waals surface area contributed by atoms with Gasteiger partial charge in [0.05, 0.1) is 9.40 Å². The van der Waals surface area contributed by atoms with Gasteiger partial charge in [-0.2, -0.15) is 0 Å². The van der Waals surface area contributed by atoms with E-state index in [-0.39, 0.29) is 10.7 Å². The van der Waals surface area contributed by atoms with E-state index >= 15 is 0 Å². The fraction of sp³-hybridized carbons (Fsp3) is 0.286. The van der Waals surface area contributed by atoms with Gasteiger partial charge in [0, 0.05) is 6.20 Å². The second-order valence-corrected chi connectivity index (χ2v) is 2.94. The van der Waals surface area contributed by atoms with Crippen LogP contribution in [0.25, 0.3) is 0 Å². The number of nitro groups is 1. The fourth-order valence-electron chi connectivity index (χ4n) is 0.536. The van der Waals surface area contributed by atoms with Gasteiger partial charge in [-0.3, -0.25) is 15.1 Å². The number of hydrogen-bond acceptors (Lipinski definition) is 3. The first kappa shape index (κ1) is 12.3. The Morgan fingerprint density at radius 3 is 2.46 bits per heavy atom. The van der Waals surface area contributed by atoms with Gasteiger partial charge >= 0.3 is 5.69 Å². The van der Waals surface area contributed by atoms with Gasteiger partial charge in [0.2, 0.25) is 0 Å². The monoisotopic (exact) mass is 266 g/mol. The lowest BCUT2D eigenvalue weighted by atomic mass is 10.4. The molecule has 0 radical (unpaired) electrons. The molecule has 0 spiro atoms. The summed E-state index contributed by atoms with van der Waals surface area (Å²) in [6.45, 7) is 4.00. The van der Waals surface area contributed by atoms with Crippen LogP contribution < -0.4 is 0 Å². The SMILES string of the molecule is CC.O=[N+]([O-])c1cncc(Br)c1Cl. The first-order valence-electron chi connectivity index (χ1n) is 3.56. The third-order valence-electron chi connectivity index (χ3n) is 1.02. The van der Waals surface area contributed by atoms with Crippen LogP contribution in [0.4, 0.5) is 5.69 Å². The summed E-state index contributed by atoms with van der Waals surface area (Å²) in [6, 6.07) is 0. The highest BCUT2D eigenvalue weighted by Crippen LogP contribution is 2.29. The van der Waals surface area contributed by atoms with Crippen molar-refractivity contribution >= 4 is 33.2 Å². The van der Waals surface area contributed by atoms with E-state index in [1.54, 1.807) is 0 Å². The van der Waals surface area contributed by atoms with E-state index in [4.69, 9.17) is 11.6 Å². The quantitative estimate of drug-likeness (QED) is 0.578.